The van der Waals surface area contributed by atoms with Gasteiger partial charge in [-0.15, -0.1) is 0 Å². The fourth-order valence-electron chi connectivity index (χ4n) is 6.88. The number of halogens is 1. The Bertz CT molecular complexity index is 1020. The monoisotopic (exact) mass is 511 g/mol. The first kappa shape index (κ1) is 21.3. The van der Waals surface area contributed by atoms with Gasteiger partial charge in [-0.05, 0) is 67.9 Å². The zero-order chi connectivity index (χ0) is 22.9. The number of ketones is 1. The summed E-state index contributed by atoms with van der Waals surface area (Å²) in [5.74, 6) is 0.484. The number of benzene rings is 1. The maximum Gasteiger partial charge on any atom is 0.309 e. The molecule has 0 unspecified atom stereocenters. The number of amides is 2. The predicted octanol–water partition coefficient (Wildman–Crippen LogP) is 3.79. The molecule has 1 aliphatic heterocycles. The zero-order valence-electron chi connectivity index (χ0n) is 18.2. The lowest BCUT2D eigenvalue weighted by Gasteiger charge is -2.37. The van der Waals surface area contributed by atoms with Gasteiger partial charge in [-0.25, -0.2) is 0 Å². The number of ether oxygens (including phenoxy) is 1. The van der Waals surface area contributed by atoms with E-state index >= 15 is 0 Å². The summed E-state index contributed by atoms with van der Waals surface area (Å²) in [7, 11) is 0. The van der Waals surface area contributed by atoms with Crippen LogP contribution in [-0.2, 0) is 19.1 Å². The van der Waals surface area contributed by atoms with Crippen LogP contribution in [0.25, 0.3) is 0 Å². The third-order valence-electron chi connectivity index (χ3n) is 8.60. The van der Waals surface area contributed by atoms with Crippen molar-refractivity contribution in [1.82, 2.24) is 4.90 Å². The molecule has 1 saturated heterocycles. The van der Waals surface area contributed by atoms with Crippen LogP contribution in [0.15, 0.2) is 40.9 Å². The summed E-state index contributed by atoms with van der Waals surface area (Å²) in [6.07, 6.45) is 7.92. The van der Waals surface area contributed by atoms with Gasteiger partial charge in [0.15, 0.2) is 12.4 Å². The molecular formula is C26H26BrNO5. The molecule has 4 fully saturated rings. The van der Waals surface area contributed by atoms with Crippen LogP contribution in [0.4, 0.5) is 0 Å². The van der Waals surface area contributed by atoms with E-state index < -0.39 is 0 Å². The maximum atomic E-state index is 13.3. The number of nitrogens with zero attached hydrogens (tertiary/aromatic N) is 1. The van der Waals surface area contributed by atoms with Crippen LogP contribution in [0.3, 0.4) is 0 Å². The van der Waals surface area contributed by atoms with Gasteiger partial charge in [0, 0.05) is 16.1 Å². The molecule has 33 heavy (non-hydrogen) atoms. The van der Waals surface area contributed by atoms with Gasteiger partial charge < -0.3 is 4.74 Å². The molecule has 6 nitrogen and oxygen atoms in total. The summed E-state index contributed by atoms with van der Waals surface area (Å²) in [5.41, 5.74) is 0.503. The van der Waals surface area contributed by atoms with E-state index in [0.29, 0.717) is 43.1 Å². The van der Waals surface area contributed by atoms with Gasteiger partial charge in [0.05, 0.1) is 17.8 Å². The van der Waals surface area contributed by atoms with Gasteiger partial charge in [0.1, 0.15) is 0 Å². The fraction of sp³-hybridized carbons (Fsp3) is 0.538. The lowest BCUT2D eigenvalue weighted by atomic mass is 9.63. The Morgan fingerprint density at radius 1 is 0.909 bits per heavy atom. The van der Waals surface area contributed by atoms with Crippen molar-refractivity contribution in [2.75, 3.05) is 6.61 Å². The van der Waals surface area contributed by atoms with E-state index in [1.807, 2.05) is 0 Å². The molecule has 3 saturated carbocycles. The molecule has 7 rings (SSSR count). The number of allylic oxidation sites excluding steroid dienone is 2. The molecule has 2 amide bonds. The highest BCUT2D eigenvalue weighted by Gasteiger charge is 2.67. The van der Waals surface area contributed by atoms with Crippen LogP contribution in [0.1, 0.15) is 42.5 Å². The quantitative estimate of drug-likeness (QED) is 0.260. The highest BCUT2D eigenvalue weighted by atomic mass is 79.9. The summed E-state index contributed by atoms with van der Waals surface area (Å²) in [4.78, 5) is 53.0. The topological polar surface area (TPSA) is 80.8 Å². The number of carbonyl (C=O) groups excluding carboxylic acids is 4. The Hall–Kier alpha value is -2.28. The van der Waals surface area contributed by atoms with Crippen LogP contribution in [0.5, 0.6) is 0 Å². The first-order chi connectivity index (χ1) is 15.9. The second kappa shape index (κ2) is 7.90. The predicted molar refractivity (Wildman–Crippen MR) is 122 cm³/mol. The highest BCUT2D eigenvalue weighted by molar-refractivity contribution is 9.10. The van der Waals surface area contributed by atoms with Crippen LogP contribution < -0.4 is 0 Å². The SMILES string of the molecule is O=C(COC(=O)C1CCC(N2C(=O)[C@@H]3[C@H]4C=C[C@@H]([C@@H]5C[C@H]45)[C@@H]3C2=O)CC1)c1ccc(Br)cc1. The van der Waals surface area contributed by atoms with Crippen molar-refractivity contribution in [2.24, 2.45) is 41.4 Å². The van der Waals surface area contributed by atoms with Gasteiger partial charge in [0.2, 0.25) is 11.8 Å². The summed E-state index contributed by atoms with van der Waals surface area (Å²) >= 11 is 3.33. The van der Waals surface area contributed by atoms with Crippen molar-refractivity contribution >= 4 is 39.5 Å². The third-order valence-corrected chi connectivity index (χ3v) is 9.13. The van der Waals surface area contributed by atoms with Gasteiger partial charge in [-0.3, -0.25) is 24.1 Å². The Labute approximate surface area is 200 Å². The van der Waals surface area contributed by atoms with E-state index in [9.17, 15) is 19.2 Å². The summed E-state index contributed by atoms with van der Waals surface area (Å²) in [5, 5.41) is 0. The summed E-state index contributed by atoms with van der Waals surface area (Å²) in [6, 6.07) is 6.81. The molecule has 172 valence electrons. The first-order valence-corrected chi connectivity index (χ1v) is 12.7. The molecule has 6 aliphatic rings. The maximum absolute atomic E-state index is 13.3. The molecule has 0 radical (unpaired) electrons. The average Bonchev–Trinajstić information content (AvgIpc) is 3.61. The zero-order valence-corrected chi connectivity index (χ0v) is 19.8. The van der Waals surface area contributed by atoms with Gasteiger partial charge >= 0.3 is 5.97 Å². The largest absolute Gasteiger partial charge is 0.457 e. The van der Waals surface area contributed by atoms with Crippen LogP contribution in [0.2, 0.25) is 0 Å². The fourth-order valence-corrected chi connectivity index (χ4v) is 7.15. The molecular weight excluding hydrogens is 486 g/mol. The van der Waals surface area contributed by atoms with E-state index in [0.717, 1.165) is 10.9 Å². The minimum absolute atomic E-state index is 0.0146. The molecule has 0 spiro atoms. The van der Waals surface area contributed by atoms with Crippen molar-refractivity contribution in [2.45, 2.75) is 38.1 Å². The summed E-state index contributed by atoms with van der Waals surface area (Å²) in [6.45, 7) is -0.273. The molecule has 7 heteroatoms. The minimum atomic E-state index is -0.367. The molecule has 2 bridgehead atoms. The molecule has 1 heterocycles. The van der Waals surface area contributed by atoms with E-state index in [-0.39, 0.29) is 65.8 Å². The van der Waals surface area contributed by atoms with Gasteiger partial charge in [0.25, 0.3) is 0 Å². The van der Waals surface area contributed by atoms with E-state index in [4.69, 9.17) is 4.74 Å². The number of rotatable bonds is 5. The number of likely N-dealkylation sites (tertiary alicyclic amines) is 1. The second-order valence-electron chi connectivity index (χ2n) is 10.2. The number of esters is 1. The van der Waals surface area contributed by atoms with Crippen LogP contribution >= 0.6 is 15.9 Å². The highest BCUT2D eigenvalue weighted by Crippen LogP contribution is 2.65. The van der Waals surface area contributed by atoms with Crippen molar-refractivity contribution < 1.29 is 23.9 Å². The molecule has 6 atom stereocenters. The Balaban J connectivity index is 1.04. The van der Waals surface area contributed by atoms with E-state index in [2.05, 4.69) is 28.1 Å². The molecule has 0 N–H and O–H groups in total. The lowest BCUT2D eigenvalue weighted by Crippen LogP contribution is -2.44. The summed E-state index contributed by atoms with van der Waals surface area (Å²) < 4.78 is 6.18. The number of imide groups is 1. The smallest absolute Gasteiger partial charge is 0.309 e. The number of hydrogen-bond donors (Lipinski definition) is 0. The Kier molecular flexibility index (Phi) is 5.09. The number of hydrogen-bond acceptors (Lipinski definition) is 5. The second-order valence-corrected chi connectivity index (χ2v) is 11.2. The number of carbonyl (C=O) groups is 4. The van der Waals surface area contributed by atoms with Crippen molar-refractivity contribution in [3.05, 3.63) is 46.5 Å². The Morgan fingerprint density at radius 2 is 1.48 bits per heavy atom. The third kappa shape index (κ3) is 3.42. The molecule has 5 aliphatic carbocycles. The number of Topliss-reactive ketones (excluding diaryl/α,β-unsaturated/α-hetero) is 1. The standard InChI is InChI=1S/C26H26BrNO5/c27-15-5-1-13(2-6-15)21(29)12-33-26(32)14-3-7-16(8-4-14)28-24(30)22-17-9-10-18(20-11-19(17)20)23(22)25(28)31/h1-2,5-6,9-10,14,16-20,22-23H,3-4,7-8,11-12H2/t14?,16?,17-,18-,19-,20+,22-,23+/m0/s1. The Morgan fingerprint density at radius 3 is 2.06 bits per heavy atom. The normalized spacial score (nSPS) is 38.2. The first-order valence-electron chi connectivity index (χ1n) is 11.9. The molecule has 1 aromatic carbocycles. The van der Waals surface area contributed by atoms with E-state index in [1.54, 1.807) is 29.2 Å². The van der Waals surface area contributed by atoms with Gasteiger partial charge in [-0.1, -0.05) is 40.2 Å². The van der Waals surface area contributed by atoms with Gasteiger partial charge in [-0.2, -0.15) is 0 Å². The van der Waals surface area contributed by atoms with E-state index in [1.165, 1.54) is 0 Å². The van der Waals surface area contributed by atoms with Crippen LogP contribution in [0, 0.1) is 41.4 Å². The lowest BCUT2D eigenvalue weighted by molar-refractivity contribution is -0.149. The van der Waals surface area contributed by atoms with Crippen molar-refractivity contribution in [3.63, 3.8) is 0 Å². The molecule has 0 aromatic heterocycles. The van der Waals surface area contributed by atoms with Crippen LogP contribution in [-0.4, -0.2) is 41.1 Å². The van der Waals surface area contributed by atoms with Crippen molar-refractivity contribution in [3.8, 4) is 0 Å². The average molecular weight is 512 g/mol. The van der Waals surface area contributed by atoms with Crippen molar-refractivity contribution in [1.29, 1.82) is 0 Å². The minimum Gasteiger partial charge on any atom is -0.457 e. The molecule has 1 aromatic rings.